The molecule has 6 nitrogen and oxygen atoms in total. The number of hydrogen-bond donors (Lipinski definition) is 1. The van der Waals surface area contributed by atoms with Crippen LogP contribution in [0.15, 0.2) is 97.3 Å². The van der Waals surface area contributed by atoms with Gasteiger partial charge in [-0.3, -0.25) is 4.79 Å². The van der Waals surface area contributed by atoms with E-state index in [1.54, 1.807) is 19.4 Å². The highest BCUT2D eigenvalue weighted by Crippen LogP contribution is 2.23. The highest BCUT2D eigenvalue weighted by atomic mass is 16.5. The number of methoxy groups -OCH3 is 1. The molecule has 3 aromatic carbocycles. The van der Waals surface area contributed by atoms with E-state index >= 15 is 0 Å². The van der Waals surface area contributed by atoms with Crippen LogP contribution in [-0.4, -0.2) is 22.6 Å². The fourth-order valence-corrected chi connectivity index (χ4v) is 3.53. The molecule has 6 heteroatoms. The third-order valence-corrected chi connectivity index (χ3v) is 5.41. The quantitative estimate of drug-likeness (QED) is 0.365. The highest BCUT2D eigenvalue weighted by molar-refractivity contribution is 5.92. The van der Waals surface area contributed by atoms with E-state index < -0.39 is 6.04 Å². The van der Waals surface area contributed by atoms with Crippen LogP contribution in [-0.2, 0) is 18.4 Å². The Labute approximate surface area is 199 Å². The molecule has 1 heterocycles. The lowest BCUT2D eigenvalue weighted by Crippen LogP contribution is -2.29. The molecule has 0 aliphatic heterocycles. The van der Waals surface area contributed by atoms with Crippen molar-refractivity contribution in [2.45, 2.75) is 12.6 Å². The largest absolute Gasteiger partial charge is 0.497 e. The summed E-state index contributed by atoms with van der Waals surface area (Å²) >= 11 is 0. The first-order chi connectivity index (χ1) is 16.6. The third kappa shape index (κ3) is 5.92. The Kier molecular flexibility index (Phi) is 7.40. The van der Waals surface area contributed by atoms with Gasteiger partial charge in [-0.15, -0.1) is 0 Å². The maximum Gasteiger partial charge on any atom is 0.244 e. The van der Waals surface area contributed by atoms with E-state index in [1.807, 2.05) is 96.7 Å². The van der Waals surface area contributed by atoms with E-state index in [1.165, 1.54) is 6.08 Å². The van der Waals surface area contributed by atoms with Crippen molar-refractivity contribution in [1.29, 1.82) is 0 Å². The second kappa shape index (κ2) is 11.0. The topological polar surface area (TPSA) is 65.4 Å². The van der Waals surface area contributed by atoms with Crippen LogP contribution in [0, 0.1) is 0 Å². The lowest BCUT2D eigenvalue weighted by atomic mass is 10.1. The minimum atomic E-state index is -0.392. The zero-order chi connectivity index (χ0) is 23.8. The molecule has 1 N–H and O–H groups in total. The van der Waals surface area contributed by atoms with E-state index in [2.05, 4.69) is 10.3 Å². The second-order valence-corrected chi connectivity index (χ2v) is 7.79. The molecule has 0 spiro atoms. The molecule has 34 heavy (non-hydrogen) atoms. The van der Waals surface area contributed by atoms with Crippen LogP contribution in [0.4, 0.5) is 0 Å². The first kappa shape index (κ1) is 22.9. The second-order valence-electron chi connectivity index (χ2n) is 7.79. The van der Waals surface area contributed by atoms with Crippen molar-refractivity contribution in [2.75, 3.05) is 7.11 Å². The predicted octanol–water partition coefficient (Wildman–Crippen LogP) is 4.93. The Morgan fingerprint density at radius 3 is 2.35 bits per heavy atom. The van der Waals surface area contributed by atoms with Crippen molar-refractivity contribution >= 4 is 12.0 Å². The zero-order valence-electron chi connectivity index (χ0n) is 19.2. The summed E-state index contributed by atoms with van der Waals surface area (Å²) in [5, 5.41) is 3.06. The predicted molar refractivity (Wildman–Crippen MR) is 132 cm³/mol. The zero-order valence-corrected chi connectivity index (χ0v) is 19.2. The minimum absolute atomic E-state index is 0.215. The molecule has 0 aliphatic carbocycles. The number of amides is 1. The number of carbonyl (C=O) groups excluding carboxylic acids is 1. The molecule has 172 valence electrons. The van der Waals surface area contributed by atoms with E-state index in [-0.39, 0.29) is 5.91 Å². The fraction of sp³-hybridized carbons (Fsp3) is 0.143. The summed E-state index contributed by atoms with van der Waals surface area (Å²) in [7, 11) is 3.53. The van der Waals surface area contributed by atoms with Gasteiger partial charge in [0.05, 0.1) is 7.11 Å². The average Bonchev–Trinajstić information content (AvgIpc) is 3.31. The number of imidazole rings is 1. The number of nitrogens with zero attached hydrogens (tertiary/aromatic N) is 2. The van der Waals surface area contributed by atoms with Gasteiger partial charge in [0.15, 0.2) is 0 Å². The monoisotopic (exact) mass is 453 g/mol. The number of rotatable bonds is 9. The van der Waals surface area contributed by atoms with Gasteiger partial charge in [-0.25, -0.2) is 4.98 Å². The molecule has 1 unspecified atom stereocenters. The first-order valence-corrected chi connectivity index (χ1v) is 11.0. The number of nitrogens with one attached hydrogen (secondary N) is 1. The Hall–Kier alpha value is -4.32. The van der Waals surface area contributed by atoms with E-state index in [0.29, 0.717) is 6.61 Å². The summed E-state index contributed by atoms with van der Waals surface area (Å²) in [4.78, 5) is 17.2. The van der Waals surface area contributed by atoms with E-state index in [9.17, 15) is 4.79 Å². The molecule has 1 atom stereocenters. The van der Waals surface area contributed by atoms with Crippen LogP contribution >= 0.6 is 0 Å². The summed E-state index contributed by atoms with van der Waals surface area (Å²) in [6, 6.07) is 24.9. The van der Waals surface area contributed by atoms with Crippen LogP contribution < -0.4 is 14.8 Å². The summed E-state index contributed by atoms with van der Waals surface area (Å²) in [5.74, 6) is 2.06. The molecule has 4 rings (SSSR count). The van der Waals surface area contributed by atoms with Crippen molar-refractivity contribution in [2.24, 2.45) is 7.05 Å². The Balaban J connectivity index is 1.41. The SMILES string of the molecule is COc1ccc(C(NC(=O)/C=C/c2ccc(OCc3ccccc3)cc2)c2nccn2C)cc1. The lowest BCUT2D eigenvalue weighted by Gasteiger charge is -2.18. The van der Waals surface area contributed by atoms with Gasteiger partial charge in [-0.05, 0) is 47.0 Å². The van der Waals surface area contributed by atoms with Crippen molar-refractivity contribution in [1.82, 2.24) is 14.9 Å². The van der Waals surface area contributed by atoms with E-state index in [0.717, 1.165) is 34.0 Å². The minimum Gasteiger partial charge on any atom is -0.497 e. The third-order valence-electron chi connectivity index (χ3n) is 5.41. The number of aryl methyl sites for hydroxylation is 1. The van der Waals surface area contributed by atoms with Crippen LogP contribution in [0.3, 0.4) is 0 Å². The molecule has 0 aliphatic rings. The fourth-order valence-electron chi connectivity index (χ4n) is 3.53. The molecule has 0 fully saturated rings. The molecule has 4 aromatic rings. The summed E-state index contributed by atoms with van der Waals surface area (Å²) in [6.45, 7) is 0.512. The standard InChI is InChI=1S/C28H27N3O3/c1-31-19-18-29-28(31)27(23-11-15-24(33-2)16-12-23)30-26(32)17-10-21-8-13-25(14-9-21)34-20-22-6-4-3-5-7-22/h3-19,27H,20H2,1-2H3,(H,30,32)/b17-10+. The van der Waals surface area contributed by atoms with Gasteiger partial charge >= 0.3 is 0 Å². The average molecular weight is 454 g/mol. The maximum atomic E-state index is 12.8. The van der Waals surface area contributed by atoms with Crippen LogP contribution in [0.1, 0.15) is 28.6 Å². The molecule has 0 saturated heterocycles. The summed E-state index contributed by atoms with van der Waals surface area (Å²) < 4.78 is 13.0. The number of aromatic nitrogens is 2. The van der Waals surface area contributed by atoms with Gasteiger partial charge in [0.25, 0.3) is 0 Å². The van der Waals surface area contributed by atoms with Gasteiger partial charge in [0.1, 0.15) is 30.0 Å². The van der Waals surface area contributed by atoms with Gasteiger partial charge in [0, 0.05) is 25.5 Å². The molecule has 0 bridgehead atoms. The van der Waals surface area contributed by atoms with Gasteiger partial charge < -0.3 is 19.4 Å². The van der Waals surface area contributed by atoms with E-state index in [4.69, 9.17) is 9.47 Å². The van der Waals surface area contributed by atoms with Gasteiger partial charge in [-0.1, -0.05) is 54.6 Å². The summed E-state index contributed by atoms with van der Waals surface area (Å²) in [6.07, 6.45) is 6.88. The van der Waals surface area contributed by atoms with Crippen LogP contribution in [0.5, 0.6) is 11.5 Å². The van der Waals surface area contributed by atoms with Crippen molar-refractivity contribution in [3.63, 3.8) is 0 Å². The lowest BCUT2D eigenvalue weighted by molar-refractivity contribution is -0.117. The Morgan fingerprint density at radius 2 is 1.71 bits per heavy atom. The molecule has 0 radical (unpaired) electrons. The smallest absolute Gasteiger partial charge is 0.244 e. The first-order valence-electron chi connectivity index (χ1n) is 11.0. The number of carbonyl (C=O) groups is 1. The van der Waals surface area contributed by atoms with Crippen molar-refractivity contribution < 1.29 is 14.3 Å². The molecule has 0 saturated carbocycles. The van der Waals surface area contributed by atoms with Crippen LogP contribution in [0.2, 0.25) is 0 Å². The molecular formula is C28H27N3O3. The Bertz CT molecular complexity index is 1230. The number of ether oxygens (including phenoxy) is 2. The molecule has 1 amide bonds. The summed E-state index contributed by atoms with van der Waals surface area (Å²) in [5.41, 5.74) is 2.93. The van der Waals surface area contributed by atoms with Crippen molar-refractivity contribution in [3.8, 4) is 11.5 Å². The van der Waals surface area contributed by atoms with Crippen LogP contribution in [0.25, 0.3) is 6.08 Å². The van der Waals surface area contributed by atoms with Crippen molar-refractivity contribution in [3.05, 3.63) is 120 Å². The maximum absolute atomic E-state index is 12.8. The number of hydrogen-bond acceptors (Lipinski definition) is 4. The van der Waals surface area contributed by atoms with Gasteiger partial charge in [-0.2, -0.15) is 0 Å². The molecular weight excluding hydrogens is 426 g/mol. The Morgan fingerprint density at radius 1 is 1.00 bits per heavy atom. The molecule has 1 aromatic heterocycles. The number of benzene rings is 3. The van der Waals surface area contributed by atoms with Gasteiger partial charge in [0.2, 0.25) is 5.91 Å². The normalized spacial score (nSPS) is 11.8. The highest BCUT2D eigenvalue weighted by Gasteiger charge is 2.20.